The van der Waals surface area contributed by atoms with Crippen LogP contribution in [0.1, 0.15) is 20.8 Å². The minimum absolute atomic E-state index is 0.0561. The zero-order valence-electron chi connectivity index (χ0n) is 8.20. The second-order valence-electron chi connectivity index (χ2n) is 3.78. The summed E-state index contributed by atoms with van der Waals surface area (Å²) in [5, 5.41) is 0. The summed E-state index contributed by atoms with van der Waals surface area (Å²) in [5.74, 6) is 0. The van der Waals surface area contributed by atoms with Gasteiger partial charge in [0.05, 0.1) is 0 Å². The number of fused-ring (bicyclic) bond motifs is 2. The van der Waals surface area contributed by atoms with Crippen molar-refractivity contribution in [2.24, 2.45) is 0 Å². The molecule has 0 spiro atoms. The van der Waals surface area contributed by atoms with Gasteiger partial charge in [-0.15, -0.1) is 0 Å². The molecule has 1 fully saturated rings. The Balaban J connectivity index is 2.31. The average Bonchev–Trinajstić information content (AvgIpc) is 2.60. The van der Waals surface area contributed by atoms with E-state index in [2.05, 4.69) is 26.8 Å². The molecule has 13 heavy (non-hydrogen) atoms. The SMILES string of the molecule is CC(C)=CC(C)=C1[C@@H]2C=C[C@@H]1OO2. The molecule has 0 aromatic heterocycles. The molecule has 0 amide bonds. The van der Waals surface area contributed by atoms with E-state index < -0.39 is 0 Å². The average molecular weight is 178 g/mol. The van der Waals surface area contributed by atoms with Crippen molar-refractivity contribution in [2.45, 2.75) is 33.0 Å². The van der Waals surface area contributed by atoms with Gasteiger partial charge in [0.1, 0.15) is 12.2 Å². The topological polar surface area (TPSA) is 18.5 Å². The summed E-state index contributed by atoms with van der Waals surface area (Å²) in [6.07, 6.45) is 6.37. The molecule has 2 aliphatic rings. The molecule has 1 heterocycles. The maximum Gasteiger partial charge on any atom is 0.136 e. The first-order chi connectivity index (χ1) is 6.18. The molecule has 1 saturated heterocycles. The number of hydrogen-bond donors (Lipinski definition) is 0. The highest BCUT2D eigenvalue weighted by atomic mass is 17.2. The standard InChI is InChI=1S/C11H14O2/c1-7(2)6-8(3)11-9-4-5-10(11)13-12-9/h4-6,9-10H,1-3H3/t9-,10-/m0/s1. The van der Waals surface area contributed by atoms with Crippen LogP contribution in [0.2, 0.25) is 0 Å². The first-order valence-corrected chi connectivity index (χ1v) is 4.54. The molecule has 0 aromatic rings. The summed E-state index contributed by atoms with van der Waals surface area (Å²) in [5.41, 5.74) is 3.81. The van der Waals surface area contributed by atoms with Gasteiger partial charge in [0.2, 0.25) is 0 Å². The van der Waals surface area contributed by atoms with Crippen LogP contribution in [0, 0.1) is 0 Å². The molecule has 70 valence electrons. The van der Waals surface area contributed by atoms with E-state index in [1.807, 2.05) is 12.2 Å². The van der Waals surface area contributed by atoms with Crippen LogP contribution in [0.25, 0.3) is 0 Å². The van der Waals surface area contributed by atoms with Gasteiger partial charge in [0, 0.05) is 5.57 Å². The Morgan fingerprint density at radius 3 is 2.08 bits per heavy atom. The van der Waals surface area contributed by atoms with E-state index in [0.717, 1.165) is 0 Å². The van der Waals surface area contributed by atoms with Crippen molar-refractivity contribution in [3.63, 3.8) is 0 Å². The zero-order valence-corrected chi connectivity index (χ0v) is 8.20. The Morgan fingerprint density at radius 1 is 1.15 bits per heavy atom. The summed E-state index contributed by atoms with van der Waals surface area (Å²) in [6, 6.07) is 0. The lowest BCUT2D eigenvalue weighted by atomic mass is 10.0. The monoisotopic (exact) mass is 178 g/mol. The van der Waals surface area contributed by atoms with E-state index in [-0.39, 0.29) is 12.2 Å². The van der Waals surface area contributed by atoms with Crippen molar-refractivity contribution in [2.75, 3.05) is 0 Å². The summed E-state index contributed by atoms with van der Waals surface area (Å²) < 4.78 is 0. The molecular weight excluding hydrogens is 164 g/mol. The largest absolute Gasteiger partial charge is 0.224 e. The van der Waals surface area contributed by atoms with Crippen molar-refractivity contribution in [1.29, 1.82) is 0 Å². The lowest BCUT2D eigenvalue weighted by molar-refractivity contribution is -0.286. The Hall–Kier alpha value is -0.860. The van der Waals surface area contributed by atoms with Crippen LogP contribution in [0.15, 0.2) is 34.9 Å². The predicted octanol–water partition coefficient (Wildman–Crippen LogP) is 2.54. The highest BCUT2D eigenvalue weighted by molar-refractivity contribution is 5.41. The highest BCUT2D eigenvalue weighted by Crippen LogP contribution is 2.34. The molecule has 0 radical (unpaired) electrons. The van der Waals surface area contributed by atoms with E-state index in [4.69, 9.17) is 9.78 Å². The molecule has 1 aliphatic carbocycles. The van der Waals surface area contributed by atoms with E-state index in [9.17, 15) is 0 Å². The third kappa shape index (κ3) is 1.47. The third-order valence-electron chi connectivity index (χ3n) is 2.30. The predicted molar refractivity (Wildman–Crippen MR) is 51.0 cm³/mol. The molecule has 0 aromatic carbocycles. The van der Waals surface area contributed by atoms with Gasteiger partial charge in [-0.25, -0.2) is 9.78 Å². The summed E-state index contributed by atoms with van der Waals surface area (Å²) in [7, 11) is 0. The van der Waals surface area contributed by atoms with Gasteiger partial charge in [0.25, 0.3) is 0 Å². The molecule has 1 aliphatic heterocycles. The quantitative estimate of drug-likeness (QED) is 0.454. The third-order valence-corrected chi connectivity index (χ3v) is 2.30. The van der Waals surface area contributed by atoms with Crippen LogP contribution in [-0.4, -0.2) is 12.2 Å². The van der Waals surface area contributed by atoms with E-state index in [0.29, 0.717) is 0 Å². The smallest absolute Gasteiger partial charge is 0.136 e. The molecule has 0 N–H and O–H groups in total. The van der Waals surface area contributed by atoms with Gasteiger partial charge in [-0.1, -0.05) is 11.6 Å². The Labute approximate surface area is 78.5 Å². The van der Waals surface area contributed by atoms with Crippen molar-refractivity contribution in [3.05, 3.63) is 34.9 Å². The van der Waals surface area contributed by atoms with Crippen LogP contribution in [0.3, 0.4) is 0 Å². The van der Waals surface area contributed by atoms with Gasteiger partial charge >= 0.3 is 0 Å². The van der Waals surface area contributed by atoms with Crippen molar-refractivity contribution in [3.8, 4) is 0 Å². The van der Waals surface area contributed by atoms with Gasteiger partial charge < -0.3 is 0 Å². The molecule has 2 nitrogen and oxygen atoms in total. The highest BCUT2D eigenvalue weighted by Gasteiger charge is 2.36. The number of rotatable bonds is 1. The molecular formula is C11H14O2. The molecule has 0 saturated carbocycles. The molecule has 2 atom stereocenters. The van der Waals surface area contributed by atoms with Crippen LogP contribution in [-0.2, 0) is 9.78 Å². The van der Waals surface area contributed by atoms with Crippen LogP contribution in [0.5, 0.6) is 0 Å². The number of hydrogen-bond acceptors (Lipinski definition) is 2. The van der Waals surface area contributed by atoms with E-state index in [1.165, 1.54) is 16.7 Å². The lowest BCUT2D eigenvalue weighted by Gasteiger charge is -2.03. The second kappa shape index (κ2) is 3.13. The fraction of sp³-hybridized carbons (Fsp3) is 0.455. The van der Waals surface area contributed by atoms with Crippen molar-refractivity contribution in [1.82, 2.24) is 0 Å². The Kier molecular flexibility index (Phi) is 2.10. The second-order valence-corrected chi connectivity index (χ2v) is 3.78. The minimum Gasteiger partial charge on any atom is -0.224 e. The van der Waals surface area contributed by atoms with E-state index in [1.54, 1.807) is 0 Å². The Bertz CT molecular complexity index is 290. The van der Waals surface area contributed by atoms with Crippen molar-refractivity contribution < 1.29 is 9.78 Å². The maximum absolute atomic E-state index is 5.09. The normalized spacial score (nSPS) is 29.6. The summed E-state index contributed by atoms with van der Waals surface area (Å²) >= 11 is 0. The molecule has 2 rings (SSSR count). The lowest BCUT2D eigenvalue weighted by Crippen LogP contribution is -2.03. The van der Waals surface area contributed by atoms with Crippen LogP contribution in [0.4, 0.5) is 0 Å². The van der Waals surface area contributed by atoms with Gasteiger partial charge in [-0.3, -0.25) is 0 Å². The van der Waals surface area contributed by atoms with Crippen molar-refractivity contribution >= 4 is 0 Å². The van der Waals surface area contributed by atoms with Gasteiger partial charge in [-0.2, -0.15) is 0 Å². The zero-order chi connectivity index (χ0) is 9.42. The fourth-order valence-electron chi connectivity index (χ4n) is 1.82. The van der Waals surface area contributed by atoms with Gasteiger partial charge in [0.15, 0.2) is 0 Å². The fourth-order valence-corrected chi connectivity index (χ4v) is 1.82. The number of allylic oxidation sites excluding steroid dienone is 3. The molecule has 2 heteroatoms. The Morgan fingerprint density at radius 2 is 1.69 bits per heavy atom. The first kappa shape index (κ1) is 8.73. The molecule has 2 bridgehead atoms. The minimum atomic E-state index is 0.0561. The van der Waals surface area contributed by atoms with Crippen LogP contribution < -0.4 is 0 Å². The summed E-state index contributed by atoms with van der Waals surface area (Å²) in [6.45, 7) is 6.29. The first-order valence-electron chi connectivity index (χ1n) is 4.54. The molecule has 0 unspecified atom stereocenters. The van der Waals surface area contributed by atoms with Crippen LogP contribution >= 0.6 is 0 Å². The summed E-state index contributed by atoms with van der Waals surface area (Å²) in [4.78, 5) is 10.2. The van der Waals surface area contributed by atoms with E-state index >= 15 is 0 Å². The van der Waals surface area contributed by atoms with Gasteiger partial charge in [-0.05, 0) is 38.5 Å². The maximum atomic E-state index is 5.09.